The number of nitrogens with one attached hydrogen (secondary N) is 2. The van der Waals surface area contributed by atoms with E-state index in [1.54, 1.807) is 6.07 Å². The van der Waals surface area contributed by atoms with Crippen molar-refractivity contribution in [1.29, 1.82) is 0 Å². The summed E-state index contributed by atoms with van der Waals surface area (Å²) in [6.07, 6.45) is 5.19. The van der Waals surface area contributed by atoms with Gasteiger partial charge in [0.05, 0.1) is 36.9 Å². The fourth-order valence-electron chi connectivity index (χ4n) is 11.3. The van der Waals surface area contributed by atoms with Gasteiger partial charge in [0.2, 0.25) is 0 Å². The number of aliphatic imine (C=N–C) groups is 1. The maximum absolute atomic E-state index is 12.9. The van der Waals surface area contributed by atoms with Gasteiger partial charge in [0.1, 0.15) is 12.2 Å². The van der Waals surface area contributed by atoms with Crippen molar-refractivity contribution in [3.05, 3.63) is 23.3 Å². The summed E-state index contributed by atoms with van der Waals surface area (Å²) in [6, 6.07) is 3.52. The number of phenolic OH excluding ortho intramolecular Hbond substituents is 1. The van der Waals surface area contributed by atoms with E-state index in [1.807, 2.05) is 6.07 Å². The lowest BCUT2D eigenvalue weighted by Gasteiger charge is -2.57. The third-order valence-electron chi connectivity index (χ3n) is 14.4. The van der Waals surface area contributed by atoms with E-state index in [0.717, 1.165) is 64.0 Å². The number of carbonyl (C=O) groups is 1. The number of piperidine rings is 3. The molecule has 0 radical (unpaired) electrons. The van der Waals surface area contributed by atoms with E-state index in [1.165, 1.54) is 6.92 Å². The standard InChI is InChI=1S/C44H62N6O7/c1-28(53)56-40-20-36(54)5-9-43-8-4-31-13-29(15-35-19-37(6-11-46-35)57-41-18-32(16-38(31)40)33(24-51)17-39(41)55)3-2-7-44(26-52)34-14-30(22-50(44)12-10-43)21-49(23-34)27-48-42(45)47-25-43/h17-18,29-31,34-38,40,46,51-52,54-55H,5-7,9-16,19-27H2,1H3,(H3,45,47,48)/t29-,30+,31-,34-,35-,36+,37-,38-,40+,43-,44+/m1/s1. The number of fused-ring (bicyclic) bond motifs is 8. The van der Waals surface area contributed by atoms with Gasteiger partial charge in [-0.3, -0.25) is 14.6 Å². The molecule has 0 amide bonds. The fraction of sp³-hybridized carbons (Fsp3) is 0.727. The van der Waals surface area contributed by atoms with Crippen LogP contribution in [0.2, 0.25) is 0 Å². The van der Waals surface area contributed by atoms with Gasteiger partial charge < -0.3 is 46.3 Å². The summed E-state index contributed by atoms with van der Waals surface area (Å²) in [6.45, 7) is 6.14. The smallest absolute Gasteiger partial charge is 0.302 e. The topological polar surface area (TPSA) is 185 Å². The number of rotatable bonds is 3. The molecular weight excluding hydrogens is 725 g/mol. The lowest BCUT2D eigenvalue weighted by atomic mass is 9.68. The van der Waals surface area contributed by atoms with Gasteiger partial charge in [0, 0.05) is 76.3 Å². The number of benzene rings is 1. The number of aromatic hydroxyl groups is 1. The highest BCUT2D eigenvalue weighted by Crippen LogP contribution is 2.45. The van der Waals surface area contributed by atoms with Gasteiger partial charge in [-0.1, -0.05) is 17.8 Å². The molecule has 1 aromatic rings. The number of carbonyl (C=O) groups excluding carboxylic acids is 1. The van der Waals surface area contributed by atoms with Crippen LogP contribution >= 0.6 is 0 Å². The minimum absolute atomic E-state index is 0.00903. The van der Waals surface area contributed by atoms with Crippen LogP contribution in [-0.2, 0) is 22.6 Å². The zero-order chi connectivity index (χ0) is 39.7. The maximum atomic E-state index is 12.9. The molecular formula is C44H62N6O7. The number of nitrogens with zero attached hydrogens (tertiary/aromatic N) is 3. The maximum Gasteiger partial charge on any atom is 0.302 e. The van der Waals surface area contributed by atoms with E-state index < -0.39 is 29.1 Å². The molecule has 2 unspecified atom stereocenters. The predicted octanol–water partition coefficient (Wildman–Crippen LogP) is 1.69. The van der Waals surface area contributed by atoms with Crippen molar-refractivity contribution in [3.63, 3.8) is 0 Å². The molecule has 1 aliphatic carbocycles. The Morgan fingerprint density at radius 3 is 2.81 bits per heavy atom. The van der Waals surface area contributed by atoms with Crippen molar-refractivity contribution in [2.45, 2.75) is 114 Å². The van der Waals surface area contributed by atoms with Gasteiger partial charge in [-0.2, -0.15) is 0 Å². The molecule has 310 valence electrons. The van der Waals surface area contributed by atoms with Crippen LogP contribution in [0.1, 0.15) is 82.3 Å². The molecule has 7 heterocycles. The summed E-state index contributed by atoms with van der Waals surface area (Å²) in [5.41, 5.74) is 6.79. The Morgan fingerprint density at radius 1 is 1.11 bits per heavy atom. The number of aliphatic hydroxyl groups is 3. The normalized spacial score (nSPS) is 40.4. The number of hydrogen-bond donors (Lipinski definition) is 7. The Bertz CT molecular complexity index is 1800. The van der Waals surface area contributed by atoms with Crippen molar-refractivity contribution in [2.75, 3.05) is 52.5 Å². The summed E-state index contributed by atoms with van der Waals surface area (Å²) >= 11 is 0. The quantitative estimate of drug-likeness (QED) is 0.174. The van der Waals surface area contributed by atoms with E-state index in [-0.39, 0.29) is 61.2 Å². The van der Waals surface area contributed by atoms with Crippen molar-refractivity contribution in [1.82, 2.24) is 20.4 Å². The second kappa shape index (κ2) is 17.0. The van der Waals surface area contributed by atoms with Crippen LogP contribution < -0.4 is 21.1 Å². The number of guanidine groups is 1. The first-order valence-electron chi connectivity index (χ1n) is 21.4. The Balaban J connectivity index is 1.32. The van der Waals surface area contributed by atoms with Gasteiger partial charge in [0.15, 0.2) is 17.5 Å². The SMILES string of the molecule is CC(=O)O[C@H]1C[C@@H](O)CC[C@@]23C#C[C@@H]4C[C@@H](C#CC[C@]5(CO)[C@@H]6C[C@@H](CN(CN=C(N)NC2)C6)CN5CC3)C[C@@H]2C[C@@H](CCN2)Oc2cc(c(CO)cc2O)C[C@H]41. The van der Waals surface area contributed by atoms with Crippen LogP contribution in [0.15, 0.2) is 17.1 Å². The van der Waals surface area contributed by atoms with Gasteiger partial charge >= 0.3 is 5.97 Å². The summed E-state index contributed by atoms with van der Waals surface area (Å²) in [5, 5.41) is 52.3. The number of esters is 1. The largest absolute Gasteiger partial charge is 0.504 e. The second-order valence-electron chi connectivity index (χ2n) is 18.3. The van der Waals surface area contributed by atoms with E-state index in [4.69, 9.17) is 20.2 Å². The summed E-state index contributed by atoms with van der Waals surface area (Å²) in [4.78, 5) is 22.6. The number of ether oxygens (including phenoxy) is 2. The van der Waals surface area contributed by atoms with Gasteiger partial charge in [0.25, 0.3) is 0 Å². The van der Waals surface area contributed by atoms with Crippen LogP contribution in [0, 0.1) is 58.7 Å². The van der Waals surface area contributed by atoms with E-state index in [2.05, 4.69) is 44.1 Å². The summed E-state index contributed by atoms with van der Waals surface area (Å²) in [5.74, 6) is 15.3. The Morgan fingerprint density at radius 2 is 1.98 bits per heavy atom. The first kappa shape index (κ1) is 40.2. The molecule has 57 heavy (non-hydrogen) atoms. The molecule has 3 saturated heterocycles. The Labute approximate surface area is 337 Å². The molecule has 0 saturated carbocycles. The van der Waals surface area contributed by atoms with E-state index in [0.29, 0.717) is 74.9 Å². The van der Waals surface area contributed by atoms with Crippen molar-refractivity contribution in [3.8, 4) is 35.2 Å². The van der Waals surface area contributed by atoms with Crippen molar-refractivity contribution in [2.24, 2.45) is 45.7 Å². The average molecular weight is 787 g/mol. The van der Waals surface area contributed by atoms with E-state index in [9.17, 15) is 25.2 Å². The molecule has 1 spiro atoms. The molecule has 12 bridgehead atoms. The molecule has 8 aliphatic rings. The Kier molecular flexibility index (Phi) is 12.0. The fourth-order valence-corrected chi connectivity index (χ4v) is 11.3. The van der Waals surface area contributed by atoms with E-state index >= 15 is 0 Å². The summed E-state index contributed by atoms with van der Waals surface area (Å²) in [7, 11) is 0. The van der Waals surface area contributed by atoms with Crippen LogP contribution in [0.5, 0.6) is 11.5 Å². The molecule has 0 aromatic heterocycles. The molecule has 13 nitrogen and oxygen atoms in total. The molecule has 9 rings (SSSR count). The predicted molar refractivity (Wildman–Crippen MR) is 215 cm³/mol. The molecule has 8 N–H and O–H groups in total. The average Bonchev–Trinajstić information content (AvgIpc) is 3.20. The van der Waals surface area contributed by atoms with Gasteiger partial charge in [-0.15, -0.1) is 5.92 Å². The minimum Gasteiger partial charge on any atom is -0.504 e. The van der Waals surface area contributed by atoms with Gasteiger partial charge in [-0.25, -0.2) is 4.99 Å². The lowest BCUT2D eigenvalue weighted by molar-refractivity contribution is -0.152. The van der Waals surface area contributed by atoms with Crippen molar-refractivity contribution >= 4 is 11.9 Å². The number of aliphatic hydroxyl groups excluding tert-OH is 3. The number of nitrogens with two attached hydrogens (primary N) is 1. The second-order valence-corrected chi connectivity index (χ2v) is 18.3. The third-order valence-corrected chi connectivity index (χ3v) is 14.4. The third kappa shape index (κ3) is 8.76. The number of hydrogen-bond acceptors (Lipinski definition) is 13. The monoisotopic (exact) mass is 786 g/mol. The highest BCUT2D eigenvalue weighted by atomic mass is 16.5. The van der Waals surface area contributed by atoms with Crippen LogP contribution in [0.3, 0.4) is 0 Å². The molecule has 3 fully saturated rings. The molecule has 13 heteroatoms. The van der Waals surface area contributed by atoms with Crippen molar-refractivity contribution < 1.29 is 34.7 Å². The highest BCUT2D eigenvalue weighted by molar-refractivity contribution is 5.77. The zero-order valence-corrected chi connectivity index (χ0v) is 33.4. The van der Waals surface area contributed by atoms with Crippen LogP contribution in [0.25, 0.3) is 0 Å². The number of phenols is 1. The van der Waals surface area contributed by atoms with Gasteiger partial charge in [-0.05, 0) is 99.4 Å². The minimum atomic E-state index is -0.784. The molecule has 13 atom stereocenters. The summed E-state index contributed by atoms with van der Waals surface area (Å²) < 4.78 is 12.7. The zero-order valence-electron chi connectivity index (χ0n) is 33.4. The molecule has 1 aromatic carbocycles. The first-order valence-corrected chi connectivity index (χ1v) is 21.4. The Hall–Kier alpha value is -3.56. The van der Waals surface area contributed by atoms with Crippen LogP contribution in [-0.4, -0.2) is 125 Å². The first-order chi connectivity index (χ1) is 27.5. The highest BCUT2D eigenvalue weighted by Gasteiger charge is 2.51. The molecule has 7 aliphatic heterocycles. The van der Waals surface area contributed by atoms with Crippen LogP contribution in [0.4, 0.5) is 0 Å². The lowest BCUT2D eigenvalue weighted by Crippen LogP contribution is -2.67.